The van der Waals surface area contributed by atoms with Gasteiger partial charge in [0.1, 0.15) is 5.56 Å². The van der Waals surface area contributed by atoms with Crippen LogP contribution < -0.4 is 10.9 Å². The van der Waals surface area contributed by atoms with Crippen LogP contribution in [-0.2, 0) is 10.9 Å². The van der Waals surface area contributed by atoms with E-state index < -0.39 is 29.0 Å². The van der Waals surface area contributed by atoms with Gasteiger partial charge in [0.2, 0.25) is 0 Å². The predicted octanol–water partition coefficient (Wildman–Crippen LogP) is 2.11. The molecule has 0 unspecified atom stereocenters. The summed E-state index contributed by atoms with van der Waals surface area (Å²) >= 11 is 0. The number of esters is 1. The molecule has 0 saturated carbocycles. The van der Waals surface area contributed by atoms with Gasteiger partial charge in [0.15, 0.2) is 11.3 Å². The minimum Gasteiger partial charge on any atom is -0.462 e. The quantitative estimate of drug-likeness (QED) is 0.778. The lowest BCUT2D eigenvalue weighted by molar-refractivity contribution is -0.141. The number of ether oxygens (including phenoxy) is 1. The van der Waals surface area contributed by atoms with Gasteiger partial charge < -0.3 is 15.0 Å². The van der Waals surface area contributed by atoms with Crippen molar-refractivity contribution in [2.45, 2.75) is 31.9 Å². The van der Waals surface area contributed by atoms with Gasteiger partial charge in [0.05, 0.1) is 12.3 Å². The fourth-order valence-electron chi connectivity index (χ4n) is 3.07. The topological polar surface area (TPSA) is 88.5 Å². The van der Waals surface area contributed by atoms with Gasteiger partial charge in [-0.15, -0.1) is 12.4 Å². The highest BCUT2D eigenvalue weighted by Gasteiger charge is 2.42. The zero-order valence-electron chi connectivity index (χ0n) is 13.9. The second-order valence-corrected chi connectivity index (χ2v) is 5.78. The fourth-order valence-corrected chi connectivity index (χ4v) is 3.07. The molecule has 2 aromatic heterocycles. The Hall–Kier alpha value is -2.07. The van der Waals surface area contributed by atoms with Crippen LogP contribution in [0.4, 0.5) is 13.2 Å². The summed E-state index contributed by atoms with van der Waals surface area (Å²) in [6.45, 7) is 2.78. The molecule has 0 radical (unpaired) electrons. The van der Waals surface area contributed by atoms with Crippen molar-refractivity contribution >= 4 is 24.0 Å². The molecule has 3 rings (SSSR count). The Bertz CT molecular complexity index is 856. The largest absolute Gasteiger partial charge is 0.462 e. The van der Waals surface area contributed by atoms with Crippen LogP contribution in [0, 0.1) is 0 Å². The van der Waals surface area contributed by atoms with E-state index in [1.807, 2.05) is 0 Å². The van der Waals surface area contributed by atoms with Gasteiger partial charge in [-0.3, -0.25) is 4.79 Å². The Labute approximate surface area is 152 Å². The second-order valence-electron chi connectivity index (χ2n) is 5.78. The molecule has 1 fully saturated rings. The van der Waals surface area contributed by atoms with Crippen LogP contribution in [-0.4, -0.2) is 40.3 Å². The van der Waals surface area contributed by atoms with Crippen molar-refractivity contribution in [2.24, 2.45) is 0 Å². The van der Waals surface area contributed by atoms with Gasteiger partial charge in [-0.2, -0.15) is 18.3 Å². The van der Waals surface area contributed by atoms with Crippen LogP contribution in [0.25, 0.3) is 5.65 Å². The average Bonchev–Trinajstić information content (AvgIpc) is 2.94. The molecule has 3 heterocycles. The molecular formula is C15H18ClF3N4O3. The molecule has 1 saturated heterocycles. The van der Waals surface area contributed by atoms with Crippen LogP contribution >= 0.6 is 12.4 Å². The highest BCUT2D eigenvalue weighted by atomic mass is 35.5. The maximum atomic E-state index is 13.4. The summed E-state index contributed by atoms with van der Waals surface area (Å²) < 4.78 is 45.9. The van der Waals surface area contributed by atoms with Crippen molar-refractivity contribution in [3.8, 4) is 0 Å². The summed E-state index contributed by atoms with van der Waals surface area (Å²) in [7, 11) is 0. The smallest absolute Gasteiger partial charge is 0.436 e. The van der Waals surface area contributed by atoms with Crippen molar-refractivity contribution < 1.29 is 22.7 Å². The van der Waals surface area contributed by atoms with Crippen molar-refractivity contribution in [1.29, 1.82) is 0 Å². The summed E-state index contributed by atoms with van der Waals surface area (Å²) in [5.74, 6) is -1.29. The van der Waals surface area contributed by atoms with Gasteiger partial charge in [-0.1, -0.05) is 0 Å². The lowest BCUT2D eigenvalue weighted by Crippen LogP contribution is -2.28. The van der Waals surface area contributed by atoms with Gasteiger partial charge in [0.25, 0.3) is 5.56 Å². The molecule has 2 aromatic rings. The number of aromatic amines is 1. The molecule has 26 heavy (non-hydrogen) atoms. The first-order valence-corrected chi connectivity index (χ1v) is 7.94. The number of carbonyl (C=O) groups excluding carboxylic acids is 1. The minimum absolute atomic E-state index is 0. The number of alkyl halides is 3. The van der Waals surface area contributed by atoms with E-state index in [0.717, 1.165) is 4.52 Å². The summed E-state index contributed by atoms with van der Waals surface area (Å²) in [5.41, 5.74) is -2.63. The third kappa shape index (κ3) is 3.70. The molecule has 1 aliphatic rings. The maximum Gasteiger partial charge on any atom is 0.436 e. The van der Waals surface area contributed by atoms with E-state index in [9.17, 15) is 22.8 Å². The number of hydrogen-bond donors (Lipinski definition) is 2. The molecular weight excluding hydrogens is 377 g/mol. The van der Waals surface area contributed by atoms with Crippen molar-refractivity contribution in [2.75, 3.05) is 19.7 Å². The maximum absolute atomic E-state index is 13.4. The van der Waals surface area contributed by atoms with E-state index in [1.165, 1.54) is 13.0 Å². The Balaban J connectivity index is 0.00000243. The molecule has 0 aliphatic carbocycles. The summed E-state index contributed by atoms with van der Waals surface area (Å²) in [4.78, 5) is 26.4. The van der Waals surface area contributed by atoms with Gasteiger partial charge in [-0.25, -0.2) is 9.31 Å². The zero-order valence-corrected chi connectivity index (χ0v) is 14.7. The molecule has 2 N–H and O–H groups in total. The number of nitrogens with zero attached hydrogens (tertiary/aromatic N) is 2. The van der Waals surface area contributed by atoms with Crippen molar-refractivity contribution in [3.63, 3.8) is 0 Å². The zero-order chi connectivity index (χ0) is 18.2. The molecule has 1 aliphatic heterocycles. The molecule has 144 valence electrons. The average molecular weight is 395 g/mol. The van der Waals surface area contributed by atoms with E-state index >= 15 is 0 Å². The number of halogens is 4. The van der Waals surface area contributed by atoms with Crippen LogP contribution in [0.15, 0.2) is 10.9 Å². The SMILES string of the molecule is CCOC(=O)c1c(C(F)(F)F)nn2c(C3CCNCC3)cc(=O)[nH]c12.Cl. The fraction of sp³-hybridized carbons (Fsp3) is 0.533. The molecule has 0 bridgehead atoms. The molecule has 7 nitrogen and oxygen atoms in total. The third-order valence-electron chi connectivity index (χ3n) is 4.16. The lowest BCUT2D eigenvalue weighted by Gasteiger charge is -2.23. The first-order chi connectivity index (χ1) is 11.8. The van der Waals surface area contributed by atoms with Crippen LogP contribution in [0.3, 0.4) is 0 Å². The van der Waals surface area contributed by atoms with Gasteiger partial charge >= 0.3 is 12.1 Å². The normalized spacial score (nSPS) is 15.7. The highest BCUT2D eigenvalue weighted by molar-refractivity contribution is 5.97. The minimum atomic E-state index is -4.85. The predicted molar refractivity (Wildman–Crippen MR) is 88.9 cm³/mol. The Morgan fingerprint density at radius 3 is 2.62 bits per heavy atom. The van der Waals surface area contributed by atoms with Crippen LogP contribution in [0.2, 0.25) is 0 Å². The van der Waals surface area contributed by atoms with Gasteiger partial charge in [-0.05, 0) is 32.9 Å². The van der Waals surface area contributed by atoms with Gasteiger partial charge in [0, 0.05) is 12.0 Å². The second kappa shape index (κ2) is 7.67. The number of rotatable bonds is 3. The Morgan fingerprint density at radius 2 is 2.04 bits per heavy atom. The molecule has 0 atom stereocenters. The number of fused-ring (bicyclic) bond motifs is 1. The van der Waals surface area contributed by atoms with Crippen molar-refractivity contribution in [3.05, 3.63) is 33.4 Å². The van der Waals surface area contributed by atoms with E-state index in [4.69, 9.17) is 4.74 Å². The van der Waals surface area contributed by atoms with E-state index in [1.54, 1.807) is 0 Å². The van der Waals surface area contributed by atoms with E-state index in [0.29, 0.717) is 31.6 Å². The molecule has 0 aromatic carbocycles. The number of nitrogens with one attached hydrogen (secondary N) is 2. The monoisotopic (exact) mass is 394 g/mol. The number of H-pyrrole nitrogens is 1. The number of piperidine rings is 1. The standard InChI is InChI=1S/C15H17F3N4O3.ClH/c1-2-25-14(24)11-12(15(16,17)18)21-22-9(7-10(23)20-13(11)22)8-3-5-19-6-4-8;/h7-8,19H,2-6H2,1H3,(H,20,23);1H. The van der Waals surface area contributed by atoms with E-state index in [-0.39, 0.29) is 30.6 Å². The highest BCUT2D eigenvalue weighted by Crippen LogP contribution is 2.34. The van der Waals surface area contributed by atoms with Crippen LogP contribution in [0.1, 0.15) is 47.4 Å². The van der Waals surface area contributed by atoms with E-state index in [2.05, 4.69) is 15.4 Å². The molecule has 11 heteroatoms. The first-order valence-electron chi connectivity index (χ1n) is 7.94. The van der Waals surface area contributed by atoms with Crippen LogP contribution in [0.5, 0.6) is 0 Å². The number of aromatic nitrogens is 3. The summed E-state index contributed by atoms with van der Waals surface area (Å²) in [6.07, 6.45) is -3.53. The third-order valence-corrected chi connectivity index (χ3v) is 4.16. The Kier molecular flexibility index (Phi) is 5.97. The van der Waals surface area contributed by atoms with Crippen molar-refractivity contribution in [1.82, 2.24) is 19.9 Å². The first kappa shape index (κ1) is 20.2. The molecule has 0 amide bonds. The summed E-state index contributed by atoms with van der Waals surface area (Å²) in [5, 5.41) is 6.76. The summed E-state index contributed by atoms with van der Waals surface area (Å²) in [6, 6.07) is 1.24. The number of carbonyl (C=O) groups is 1. The molecule has 0 spiro atoms. The number of hydrogen-bond acceptors (Lipinski definition) is 5. The Morgan fingerprint density at radius 1 is 1.38 bits per heavy atom. The lowest BCUT2D eigenvalue weighted by atomic mass is 9.94.